The maximum absolute atomic E-state index is 15.7. The molecule has 2 amide bonds. The van der Waals surface area contributed by atoms with E-state index in [1.54, 1.807) is 22.9 Å². The summed E-state index contributed by atoms with van der Waals surface area (Å²) >= 11 is 0. The Balaban J connectivity index is 1.64. The lowest BCUT2D eigenvalue weighted by Gasteiger charge is -2.32. The Labute approximate surface area is 212 Å². The lowest BCUT2D eigenvalue weighted by molar-refractivity contribution is -0.146. The summed E-state index contributed by atoms with van der Waals surface area (Å²) in [6.45, 7) is 6.91. The maximum atomic E-state index is 15.7. The molecule has 1 spiro atoms. The Morgan fingerprint density at radius 1 is 1.19 bits per heavy atom. The fourth-order valence-electron chi connectivity index (χ4n) is 6.40. The van der Waals surface area contributed by atoms with Gasteiger partial charge < -0.3 is 29.1 Å². The van der Waals surface area contributed by atoms with E-state index in [1.807, 2.05) is 55.5 Å². The number of nitrogens with zero attached hydrogens (tertiary/aromatic N) is 2. The summed E-state index contributed by atoms with van der Waals surface area (Å²) in [6.07, 6.45) is -0.288. The summed E-state index contributed by atoms with van der Waals surface area (Å²) in [6, 6.07) is 15.4. The summed E-state index contributed by atoms with van der Waals surface area (Å²) in [7, 11) is -3.26. The van der Waals surface area contributed by atoms with Crippen LogP contribution in [0.25, 0.3) is 0 Å². The third-order valence-corrected chi connectivity index (χ3v) is 10.4. The molecule has 2 aromatic carbocycles. The lowest BCUT2D eigenvalue weighted by Crippen LogP contribution is -2.48. The first-order valence-corrected chi connectivity index (χ1v) is 15.6. The van der Waals surface area contributed by atoms with Crippen molar-refractivity contribution >= 4 is 31.6 Å². The van der Waals surface area contributed by atoms with Crippen LogP contribution in [-0.4, -0.2) is 57.7 Å². The number of halogens is 1. The van der Waals surface area contributed by atoms with Gasteiger partial charge in [0, 0.05) is 42.4 Å². The van der Waals surface area contributed by atoms with E-state index in [0.717, 1.165) is 11.3 Å². The molecule has 3 aliphatic heterocycles. The minimum atomic E-state index is -3.26. The average Bonchev–Trinajstić information content (AvgIpc) is 3.27. The highest BCUT2D eigenvalue weighted by Crippen LogP contribution is 2.60. The Kier molecular flexibility index (Phi) is 6.53. The van der Waals surface area contributed by atoms with Crippen LogP contribution in [0.15, 0.2) is 48.5 Å². The molecule has 4 atom stereocenters. The number of piperazine rings is 1. The number of anilines is 2. The predicted molar refractivity (Wildman–Crippen MR) is 139 cm³/mol. The van der Waals surface area contributed by atoms with Crippen LogP contribution in [0, 0.1) is 5.92 Å². The molecule has 7 nitrogen and oxygen atoms in total. The molecule has 192 valence electrons. The maximum Gasteiger partial charge on any atom is 0.264 e. The van der Waals surface area contributed by atoms with Gasteiger partial charge in [-0.2, -0.15) is 0 Å². The molecule has 0 aromatic heterocycles. The number of amides is 2. The third kappa shape index (κ3) is 3.98. The quantitative estimate of drug-likeness (QED) is 0.459. The molecule has 2 fully saturated rings. The number of nitrogens with one attached hydrogen (secondary N) is 1. The largest absolute Gasteiger partial charge is 0.396 e. The Morgan fingerprint density at radius 3 is 2.61 bits per heavy atom. The number of hydrogen-bond donors (Lipinski definition) is 2. The van der Waals surface area contributed by atoms with Gasteiger partial charge in [-0.15, -0.1) is 0 Å². The van der Waals surface area contributed by atoms with Crippen LogP contribution in [0.4, 0.5) is 15.5 Å². The predicted octanol–water partition coefficient (Wildman–Crippen LogP) is 3.33. The average molecular weight is 512 g/mol. The van der Waals surface area contributed by atoms with Crippen molar-refractivity contribution < 1.29 is 23.5 Å². The molecular formula is C27H34FN3O4Si. The molecule has 36 heavy (non-hydrogen) atoms. The number of aliphatic hydroxyl groups is 1. The van der Waals surface area contributed by atoms with Crippen LogP contribution >= 0.6 is 0 Å². The first kappa shape index (κ1) is 25.1. The zero-order chi connectivity index (χ0) is 25.7. The van der Waals surface area contributed by atoms with Crippen molar-refractivity contribution in [1.29, 1.82) is 0 Å². The summed E-state index contributed by atoms with van der Waals surface area (Å²) in [5.74, 6) is -0.669. The van der Waals surface area contributed by atoms with Crippen LogP contribution in [-0.2, 0) is 26.5 Å². The Hall–Kier alpha value is -2.59. The van der Waals surface area contributed by atoms with Crippen LogP contribution < -0.4 is 15.1 Å². The van der Waals surface area contributed by atoms with E-state index in [9.17, 15) is 14.7 Å². The van der Waals surface area contributed by atoms with E-state index in [-0.39, 0.29) is 31.4 Å². The van der Waals surface area contributed by atoms with Crippen molar-refractivity contribution in [2.45, 2.75) is 50.2 Å². The van der Waals surface area contributed by atoms with Crippen LogP contribution in [0.5, 0.6) is 0 Å². The van der Waals surface area contributed by atoms with Crippen molar-refractivity contribution in [2.75, 3.05) is 36.0 Å². The van der Waals surface area contributed by atoms with Gasteiger partial charge >= 0.3 is 0 Å². The van der Waals surface area contributed by atoms with Crippen LogP contribution in [0.3, 0.4) is 0 Å². The number of fused-ring (bicyclic) bond motifs is 2. The highest BCUT2D eigenvalue weighted by molar-refractivity contribution is 6.72. The van der Waals surface area contributed by atoms with Crippen molar-refractivity contribution in [3.63, 3.8) is 0 Å². The molecule has 2 N–H and O–H groups in total. The van der Waals surface area contributed by atoms with Gasteiger partial charge in [-0.05, 0) is 43.3 Å². The molecule has 0 radical (unpaired) electrons. The molecule has 3 aliphatic rings. The normalized spacial score (nSPS) is 28.3. The van der Waals surface area contributed by atoms with Gasteiger partial charge in [0.1, 0.15) is 0 Å². The van der Waals surface area contributed by atoms with E-state index in [1.165, 1.54) is 0 Å². The summed E-state index contributed by atoms with van der Waals surface area (Å²) in [5, 5.41) is 12.8. The van der Waals surface area contributed by atoms with Gasteiger partial charge in [0.2, 0.25) is 14.3 Å². The summed E-state index contributed by atoms with van der Waals surface area (Å²) in [4.78, 5) is 30.4. The van der Waals surface area contributed by atoms with Gasteiger partial charge in [-0.1, -0.05) is 37.3 Å². The van der Waals surface area contributed by atoms with Crippen molar-refractivity contribution in [3.05, 3.63) is 59.7 Å². The second kappa shape index (κ2) is 9.37. The third-order valence-electron chi connectivity index (χ3n) is 7.94. The number of benzene rings is 2. The monoisotopic (exact) mass is 511 g/mol. The Morgan fingerprint density at radius 2 is 1.94 bits per heavy atom. The minimum absolute atomic E-state index is 0.0329. The van der Waals surface area contributed by atoms with Gasteiger partial charge in [-0.25, -0.2) is 0 Å². The van der Waals surface area contributed by atoms with E-state index in [0.29, 0.717) is 30.9 Å². The second-order valence-corrected chi connectivity index (χ2v) is 14.4. The molecule has 0 unspecified atom stereocenters. The molecule has 9 heteroatoms. The molecule has 3 heterocycles. The van der Waals surface area contributed by atoms with Gasteiger partial charge in [0.25, 0.3) is 5.91 Å². The molecule has 2 aromatic rings. The molecular weight excluding hydrogens is 477 g/mol. The first-order valence-electron chi connectivity index (χ1n) is 12.7. The number of rotatable bonds is 6. The lowest BCUT2D eigenvalue weighted by atomic mass is 9.82. The van der Waals surface area contributed by atoms with Crippen LogP contribution in [0.1, 0.15) is 24.5 Å². The number of ether oxygens (including phenoxy) is 1. The molecule has 0 bridgehead atoms. The number of hydrogen-bond acceptors (Lipinski definition) is 5. The molecule has 0 aliphatic carbocycles. The minimum Gasteiger partial charge on any atom is -0.396 e. The highest BCUT2D eigenvalue weighted by atomic mass is 28.4. The van der Waals surface area contributed by atoms with Crippen molar-refractivity contribution in [3.8, 4) is 0 Å². The summed E-state index contributed by atoms with van der Waals surface area (Å²) < 4.78 is 22.3. The van der Waals surface area contributed by atoms with E-state index in [4.69, 9.17) is 4.74 Å². The van der Waals surface area contributed by atoms with Crippen molar-refractivity contribution in [1.82, 2.24) is 5.32 Å². The standard InChI is InChI=1S/C27H34FN3O4Si/c1-18-25(36(2,3)28)23(11-14-32)35-27(18)21-15-20(30-13-12-29-16-24(30)33)9-10-22(21)31(26(27)34)17-19-7-5-4-6-8-19/h4-10,15,18,23,25,29,32H,11-14,16-17H2,1-3H3/t18-,23+,25-,27+/m0/s1. The fraction of sp³-hybridized carbons (Fsp3) is 0.481. The smallest absolute Gasteiger partial charge is 0.264 e. The number of carbonyl (C=O) groups excluding carboxylic acids is 2. The number of aliphatic hydroxyl groups excluding tert-OH is 1. The summed E-state index contributed by atoms with van der Waals surface area (Å²) in [5.41, 5.74) is 1.28. The Bertz CT molecular complexity index is 1160. The van der Waals surface area contributed by atoms with Gasteiger partial charge in [-0.3, -0.25) is 9.59 Å². The molecule has 5 rings (SSSR count). The van der Waals surface area contributed by atoms with E-state index in [2.05, 4.69) is 5.32 Å². The number of carbonyl (C=O) groups is 2. The molecule has 2 saturated heterocycles. The van der Waals surface area contributed by atoms with E-state index >= 15 is 4.11 Å². The van der Waals surface area contributed by atoms with Crippen molar-refractivity contribution in [2.24, 2.45) is 5.92 Å². The second-order valence-electron chi connectivity index (χ2n) is 10.6. The SMILES string of the molecule is C[C@H]1[C@H]([Si](C)(C)F)[C@@H](CCO)O[C@]12C(=O)N(Cc1ccccc1)c1ccc(N3CCNCC3=O)cc12. The fourth-order valence-corrected chi connectivity index (χ4v) is 8.95. The van der Waals surface area contributed by atoms with Crippen LogP contribution in [0.2, 0.25) is 18.6 Å². The topological polar surface area (TPSA) is 82.1 Å². The van der Waals surface area contributed by atoms with Gasteiger partial charge in [0.05, 0.1) is 24.9 Å². The zero-order valence-corrected chi connectivity index (χ0v) is 22.0. The first-order chi connectivity index (χ1) is 17.2. The van der Waals surface area contributed by atoms with Gasteiger partial charge in [0.15, 0.2) is 5.60 Å². The zero-order valence-electron chi connectivity index (χ0n) is 21.0. The highest BCUT2D eigenvalue weighted by Gasteiger charge is 2.66. The molecule has 0 saturated carbocycles. The van der Waals surface area contributed by atoms with E-state index < -0.39 is 31.6 Å².